The Morgan fingerprint density at radius 3 is 2.54 bits per heavy atom. The normalized spacial score (nSPS) is 13.1. The summed E-state index contributed by atoms with van der Waals surface area (Å²) in [6.07, 6.45) is 0.361. The van der Waals surface area contributed by atoms with Gasteiger partial charge in [-0.25, -0.2) is 4.79 Å². The number of aliphatic carboxylic acids is 1. The second-order valence-corrected chi connectivity index (χ2v) is 7.36. The number of aromatic nitrogens is 1. The number of hydrogen-bond donors (Lipinski definition) is 1. The molecule has 0 spiro atoms. The second-order valence-electron chi connectivity index (χ2n) is 5.91. The lowest BCUT2D eigenvalue weighted by molar-refractivity contribution is -0.140. The van der Waals surface area contributed by atoms with Crippen LogP contribution in [0.25, 0.3) is 10.2 Å². The molecule has 0 bridgehead atoms. The molecule has 1 amide bonds. The van der Waals surface area contributed by atoms with E-state index in [-0.39, 0.29) is 0 Å². The van der Waals surface area contributed by atoms with E-state index in [0.29, 0.717) is 27.3 Å². The average Bonchev–Trinajstić information content (AvgIpc) is 2.93. The number of halogens is 1. The fourth-order valence-electron chi connectivity index (χ4n) is 2.71. The number of aryl methyl sites for hydroxylation is 1. The largest absolute Gasteiger partial charge is 0.480 e. The fraction of sp³-hybridized carbons (Fsp3) is 0.211. The van der Waals surface area contributed by atoms with Gasteiger partial charge in [-0.05, 0) is 43.7 Å². The van der Waals surface area contributed by atoms with Crippen molar-refractivity contribution in [3.63, 3.8) is 0 Å². The summed E-state index contributed by atoms with van der Waals surface area (Å²) in [4.78, 5) is 28.8. The van der Waals surface area contributed by atoms with Gasteiger partial charge in [0, 0.05) is 10.6 Å². The number of hydrogen-bond acceptors (Lipinski definition) is 3. The predicted molar refractivity (Wildman–Crippen MR) is 103 cm³/mol. The SMILES string of the molecule is CCC(C(=O)O)n1/c(=N/C(=O)c2ccc(C)cc2)sc2ccc(Cl)cc21. The first-order valence-corrected chi connectivity index (χ1v) is 9.29. The van der Waals surface area contributed by atoms with E-state index in [4.69, 9.17) is 11.6 Å². The van der Waals surface area contributed by atoms with Crippen LogP contribution in [0.1, 0.15) is 35.3 Å². The van der Waals surface area contributed by atoms with Crippen LogP contribution in [0.15, 0.2) is 47.5 Å². The van der Waals surface area contributed by atoms with E-state index in [9.17, 15) is 14.7 Å². The Hall–Kier alpha value is -2.44. The van der Waals surface area contributed by atoms with Crippen LogP contribution in [0.2, 0.25) is 5.02 Å². The van der Waals surface area contributed by atoms with Gasteiger partial charge in [0.1, 0.15) is 6.04 Å². The molecular formula is C19H17ClN2O3S. The van der Waals surface area contributed by atoms with E-state index in [1.807, 2.05) is 25.1 Å². The van der Waals surface area contributed by atoms with Gasteiger partial charge in [0.2, 0.25) is 0 Å². The minimum absolute atomic E-state index is 0.349. The smallest absolute Gasteiger partial charge is 0.326 e. The molecule has 0 aliphatic carbocycles. The highest BCUT2D eigenvalue weighted by Gasteiger charge is 2.22. The van der Waals surface area contributed by atoms with Crippen molar-refractivity contribution in [3.05, 3.63) is 63.4 Å². The second kappa shape index (κ2) is 7.43. The van der Waals surface area contributed by atoms with Gasteiger partial charge in [-0.3, -0.25) is 4.79 Å². The summed E-state index contributed by atoms with van der Waals surface area (Å²) >= 11 is 7.36. The highest BCUT2D eigenvalue weighted by molar-refractivity contribution is 7.16. The Morgan fingerprint density at radius 1 is 1.23 bits per heavy atom. The first-order chi connectivity index (χ1) is 12.4. The van der Waals surface area contributed by atoms with E-state index >= 15 is 0 Å². The van der Waals surface area contributed by atoms with Crippen LogP contribution >= 0.6 is 22.9 Å². The molecule has 1 aromatic heterocycles. The Bertz CT molecular complexity index is 1050. The molecule has 5 nitrogen and oxygen atoms in total. The lowest BCUT2D eigenvalue weighted by atomic mass is 10.1. The quantitative estimate of drug-likeness (QED) is 0.718. The molecule has 1 atom stereocenters. The predicted octanol–water partition coefficient (Wildman–Crippen LogP) is 4.44. The molecule has 3 aromatic rings. The van der Waals surface area contributed by atoms with Crippen LogP contribution < -0.4 is 4.80 Å². The van der Waals surface area contributed by atoms with Gasteiger partial charge in [0.15, 0.2) is 4.80 Å². The van der Waals surface area contributed by atoms with Crippen molar-refractivity contribution in [1.82, 2.24) is 4.57 Å². The molecule has 0 fully saturated rings. The molecule has 7 heteroatoms. The van der Waals surface area contributed by atoms with Crippen LogP contribution in [0.4, 0.5) is 0 Å². The zero-order valence-corrected chi connectivity index (χ0v) is 15.8. The number of carboxylic acid groups (broad SMARTS) is 1. The standard InChI is InChI=1S/C19H17ClN2O3S/c1-3-14(18(24)25)22-15-10-13(20)8-9-16(15)26-19(22)21-17(23)12-6-4-11(2)5-7-12/h4-10,14H,3H2,1-2H3,(H,24,25)/b21-19-. The molecule has 0 saturated heterocycles. The minimum Gasteiger partial charge on any atom is -0.480 e. The fourth-order valence-corrected chi connectivity index (χ4v) is 3.92. The summed E-state index contributed by atoms with van der Waals surface area (Å²) in [5.41, 5.74) is 2.17. The average molecular weight is 389 g/mol. The molecule has 0 aliphatic rings. The number of fused-ring (bicyclic) bond motifs is 1. The van der Waals surface area contributed by atoms with Gasteiger partial charge in [0.05, 0.1) is 10.2 Å². The topological polar surface area (TPSA) is 71.7 Å². The lowest BCUT2D eigenvalue weighted by Gasteiger charge is -2.13. The van der Waals surface area contributed by atoms with Gasteiger partial charge >= 0.3 is 5.97 Å². The summed E-state index contributed by atoms with van der Waals surface area (Å²) in [6, 6.07) is 11.5. The third-order valence-electron chi connectivity index (χ3n) is 4.07. The molecule has 2 aromatic carbocycles. The summed E-state index contributed by atoms with van der Waals surface area (Å²) < 4.78 is 2.41. The van der Waals surface area contributed by atoms with E-state index in [1.54, 1.807) is 35.8 Å². The summed E-state index contributed by atoms with van der Waals surface area (Å²) in [6.45, 7) is 3.72. The van der Waals surface area contributed by atoms with Crippen LogP contribution in [-0.4, -0.2) is 21.6 Å². The van der Waals surface area contributed by atoms with Crippen LogP contribution in [0.3, 0.4) is 0 Å². The van der Waals surface area contributed by atoms with Gasteiger partial charge in [0.25, 0.3) is 5.91 Å². The number of rotatable bonds is 4. The zero-order valence-electron chi connectivity index (χ0n) is 14.3. The first-order valence-electron chi connectivity index (χ1n) is 8.10. The van der Waals surface area contributed by atoms with E-state index < -0.39 is 17.9 Å². The lowest BCUT2D eigenvalue weighted by Crippen LogP contribution is -2.27. The van der Waals surface area contributed by atoms with Crippen LogP contribution in [-0.2, 0) is 4.79 Å². The van der Waals surface area contributed by atoms with Crippen molar-refractivity contribution in [2.45, 2.75) is 26.3 Å². The van der Waals surface area contributed by atoms with Crippen LogP contribution in [0, 0.1) is 6.92 Å². The molecule has 0 aliphatic heterocycles. The van der Waals surface area contributed by atoms with E-state index in [2.05, 4.69) is 4.99 Å². The summed E-state index contributed by atoms with van der Waals surface area (Å²) in [7, 11) is 0. The Kier molecular flexibility index (Phi) is 5.25. The summed E-state index contributed by atoms with van der Waals surface area (Å²) in [5, 5.41) is 10.1. The van der Waals surface area contributed by atoms with E-state index in [0.717, 1.165) is 10.3 Å². The number of amides is 1. The maximum absolute atomic E-state index is 12.6. The number of nitrogens with zero attached hydrogens (tertiary/aromatic N) is 2. The Balaban J connectivity index is 2.22. The van der Waals surface area contributed by atoms with Crippen molar-refractivity contribution < 1.29 is 14.7 Å². The van der Waals surface area contributed by atoms with Gasteiger partial charge in [-0.1, -0.05) is 47.6 Å². The molecule has 134 valence electrons. The Morgan fingerprint density at radius 2 is 1.92 bits per heavy atom. The molecule has 3 rings (SSSR count). The van der Waals surface area contributed by atoms with Gasteiger partial charge in [-0.2, -0.15) is 4.99 Å². The number of thiazole rings is 1. The maximum atomic E-state index is 12.6. The Labute approximate surface area is 159 Å². The zero-order chi connectivity index (χ0) is 18.8. The van der Waals surface area contributed by atoms with Crippen molar-refractivity contribution in [3.8, 4) is 0 Å². The third kappa shape index (κ3) is 3.57. The molecule has 26 heavy (non-hydrogen) atoms. The van der Waals surface area contributed by atoms with Crippen molar-refractivity contribution >= 4 is 45.0 Å². The van der Waals surface area contributed by atoms with Crippen molar-refractivity contribution in [1.29, 1.82) is 0 Å². The molecule has 1 N–H and O–H groups in total. The number of carbonyl (C=O) groups is 2. The minimum atomic E-state index is -0.976. The van der Waals surface area contributed by atoms with E-state index in [1.165, 1.54) is 11.3 Å². The van der Waals surface area contributed by atoms with Crippen molar-refractivity contribution in [2.75, 3.05) is 0 Å². The number of carbonyl (C=O) groups excluding carboxylic acids is 1. The van der Waals surface area contributed by atoms with Crippen LogP contribution in [0.5, 0.6) is 0 Å². The maximum Gasteiger partial charge on any atom is 0.326 e. The van der Waals surface area contributed by atoms with Gasteiger partial charge < -0.3 is 9.67 Å². The monoisotopic (exact) mass is 388 g/mol. The third-order valence-corrected chi connectivity index (χ3v) is 5.34. The van der Waals surface area contributed by atoms with Gasteiger partial charge in [-0.15, -0.1) is 0 Å². The highest BCUT2D eigenvalue weighted by atomic mass is 35.5. The molecular weight excluding hydrogens is 372 g/mol. The van der Waals surface area contributed by atoms with Crippen molar-refractivity contribution in [2.24, 2.45) is 4.99 Å². The number of benzene rings is 2. The molecule has 1 heterocycles. The molecule has 0 radical (unpaired) electrons. The first kappa shape index (κ1) is 18.4. The summed E-state index contributed by atoms with van der Waals surface area (Å²) in [5.74, 6) is -1.38. The molecule has 1 unspecified atom stereocenters. The highest BCUT2D eigenvalue weighted by Crippen LogP contribution is 2.25. The molecule has 0 saturated carbocycles. The number of carboxylic acids is 1.